The van der Waals surface area contributed by atoms with E-state index in [1.54, 1.807) is 0 Å². The number of rotatable bonds is 7. The third-order valence-electron chi connectivity index (χ3n) is 5.27. The molecule has 10 heteroatoms. The zero-order valence-electron chi connectivity index (χ0n) is 17.5. The van der Waals surface area contributed by atoms with Crippen LogP contribution < -0.4 is 9.47 Å². The van der Waals surface area contributed by atoms with Crippen LogP contribution in [0.15, 0.2) is 30.6 Å². The lowest BCUT2D eigenvalue weighted by atomic mass is 9.73. The van der Waals surface area contributed by atoms with Crippen molar-refractivity contribution in [3.63, 3.8) is 0 Å². The van der Waals surface area contributed by atoms with Gasteiger partial charge in [0.25, 0.3) is 0 Å². The minimum Gasteiger partial charge on any atom is -0.496 e. The number of aromatic nitrogens is 3. The highest BCUT2D eigenvalue weighted by Gasteiger charge is 2.56. The zero-order valence-corrected chi connectivity index (χ0v) is 17.5. The van der Waals surface area contributed by atoms with Crippen molar-refractivity contribution >= 4 is 11.0 Å². The Morgan fingerprint density at radius 3 is 2.39 bits per heavy atom. The summed E-state index contributed by atoms with van der Waals surface area (Å²) in [7, 11) is 2.73. The van der Waals surface area contributed by atoms with Crippen molar-refractivity contribution in [3.8, 4) is 11.6 Å². The van der Waals surface area contributed by atoms with Crippen molar-refractivity contribution in [2.24, 2.45) is 0 Å². The first-order chi connectivity index (χ1) is 14.4. The van der Waals surface area contributed by atoms with Crippen LogP contribution in [-0.2, 0) is 11.8 Å². The first-order valence-corrected chi connectivity index (χ1v) is 9.40. The molecule has 0 bridgehead atoms. The zero-order chi connectivity index (χ0) is 23.0. The standard InChI is InChI=1S/C21H23F4N3O3/c1-19(2,15-7-12(22)5-6-16(15)30-3)10-20(29,21(23,24)25)9-13-8-14-17(28-13)26-11-27-18(14)31-4/h5-8,11,29H,9-10H2,1-4H3,(H,26,27,28). The largest absolute Gasteiger partial charge is 0.496 e. The van der Waals surface area contributed by atoms with Gasteiger partial charge in [0.15, 0.2) is 5.60 Å². The minimum atomic E-state index is -4.96. The number of nitrogens with zero attached hydrogens (tertiary/aromatic N) is 2. The summed E-state index contributed by atoms with van der Waals surface area (Å²) < 4.78 is 66.4. The van der Waals surface area contributed by atoms with Gasteiger partial charge in [0.2, 0.25) is 5.88 Å². The van der Waals surface area contributed by atoms with Crippen LogP contribution in [0, 0.1) is 5.82 Å². The number of aromatic amines is 1. The fourth-order valence-electron chi connectivity index (χ4n) is 3.84. The van der Waals surface area contributed by atoms with Crippen molar-refractivity contribution in [1.82, 2.24) is 15.0 Å². The molecule has 2 aromatic heterocycles. The van der Waals surface area contributed by atoms with Gasteiger partial charge in [-0.3, -0.25) is 0 Å². The summed E-state index contributed by atoms with van der Waals surface area (Å²) in [5.74, 6) is -0.171. The van der Waals surface area contributed by atoms with E-state index in [4.69, 9.17) is 9.47 Å². The third kappa shape index (κ3) is 4.43. The predicted octanol–water partition coefficient (Wildman–Crippen LogP) is 4.32. The number of halogens is 4. The highest BCUT2D eigenvalue weighted by molar-refractivity contribution is 5.81. The highest BCUT2D eigenvalue weighted by atomic mass is 19.4. The Morgan fingerprint density at radius 1 is 1.06 bits per heavy atom. The molecule has 2 heterocycles. The Bertz CT molecular complexity index is 1080. The van der Waals surface area contributed by atoms with Gasteiger partial charge in [-0.15, -0.1) is 0 Å². The van der Waals surface area contributed by atoms with E-state index in [2.05, 4.69) is 15.0 Å². The lowest BCUT2D eigenvalue weighted by Crippen LogP contribution is -2.51. The number of hydrogen-bond donors (Lipinski definition) is 2. The van der Waals surface area contributed by atoms with E-state index >= 15 is 0 Å². The van der Waals surface area contributed by atoms with Crippen LogP contribution >= 0.6 is 0 Å². The number of nitrogens with one attached hydrogen (secondary N) is 1. The summed E-state index contributed by atoms with van der Waals surface area (Å²) in [4.78, 5) is 10.7. The number of alkyl halides is 3. The maximum absolute atomic E-state index is 14.1. The van der Waals surface area contributed by atoms with E-state index in [-0.39, 0.29) is 28.5 Å². The Labute approximate surface area is 176 Å². The first-order valence-electron chi connectivity index (χ1n) is 9.40. The van der Waals surface area contributed by atoms with Crippen molar-refractivity contribution in [1.29, 1.82) is 0 Å². The number of ether oxygens (including phenoxy) is 2. The highest BCUT2D eigenvalue weighted by Crippen LogP contribution is 2.45. The second kappa shape index (κ2) is 7.99. The third-order valence-corrected chi connectivity index (χ3v) is 5.27. The van der Waals surface area contributed by atoms with Gasteiger partial charge in [-0.2, -0.15) is 13.2 Å². The topological polar surface area (TPSA) is 80.3 Å². The molecule has 0 fully saturated rings. The van der Waals surface area contributed by atoms with Crippen molar-refractivity contribution in [3.05, 3.63) is 47.7 Å². The van der Waals surface area contributed by atoms with Gasteiger partial charge in [0.1, 0.15) is 23.5 Å². The molecular weight excluding hydrogens is 418 g/mol. The Morgan fingerprint density at radius 2 is 1.77 bits per heavy atom. The Balaban J connectivity index is 2.01. The van der Waals surface area contributed by atoms with E-state index in [9.17, 15) is 22.7 Å². The Hall–Kier alpha value is -2.88. The average molecular weight is 441 g/mol. The van der Waals surface area contributed by atoms with Gasteiger partial charge in [0, 0.05) is 17.7 Å². The molecule has 3 rings (SSSR count). The molecule has 1 aromatic carbocycles. The maximum atomic E-state index is 14.1. The lowest BCUT2D eigenvalue weighted by Gasteiger charge is -2.38. The number of fused-ring (bicyclic) bond motifs is 1. The van der Waals surface area contributed by atoms with Gasteiger partial charge < -0.3 is 19.6 Å². The quantitative estimate of drug-likeness (QED) is 0.534. The van der Waals surface area contributed by atoms with E-state index in [1.807, 2.05) is 0 Å². The van der Waals surface area contributed by atoms with Crippen molar-refractivity contribution < 1.29 is 32.1 Å². The number of aliphatic hydroxyl groups is 1. The summed E-state index contributed by atoms with van der Waals surface area (Å²) in [6, 6.07) is 5.05. The summed E-state index contributed by atoms with van der Waals surface area (Å²) in [5.41, 5.74) is -3.77. The van der Waals surface area contributed by atoms with Crippen LogP contribution in [0.1, 0.15) is 31.5 Å². The summed E-state index contributed by atoms with van der Waals surface area (Å²) in [5, 5.41) is 11.2. The SMILES string of the molecule is COc1ccc(F)cc1C(C)(C)CC(O)(Cc1cc2c(OC)ncnc2[nH]1)C(F)(F)F. The predicted molar refractivity (Wildman–Crippen MR) is 106 cm³/mol. The van der Waals surface area contributed by atoms with E-state index < -0.39 is 35.9 Å². The van der Waals surface area contributed by atoms with Gasteiger partial charge in [0.05, 0.1) is 19.6 Å². The summed E-state index contributed by atoms with van der Waals surface area (Å²) >= 11 is 0. The van der Waals surface area contributed by atoms with Crippen LogP contribution in [0.4, 0.5) is 17.6 Å². The molecule has 0 amide bonds. The fraction of sp³-hybridized carbons (Fsp3) is 0.429. The molecule has 3 aromatic rings. The molecule has 1 atom stereocenters. The molecule has 0 radical (unpaired) electrons. The molecule has 0 aliphatic heterocycles. The molecule has 168 valence electrons. The first kappa shape index (κ1) is 22.8. The molecular formula is C21H23F4N3O3. The molecule has 0 aliphatic rings. The molecule has 0 saturated carbocycles. The number of hydrogen-bond acceptors (Lipinski definition) is 5. The second-order valence-electron chi connectivity index (χ2n) is 8.05. The van der Waals surface area contributed by atoms with Crippen molar-refractivity contribution in [2.45, 2.75) is 43.9 Å². The number of benzene rings is 1. The van der Waals surface area contributed by atoms with Crippen LogP contribution in [-0.4, -0.2) is 46.1 Å². The molecule has 6 nitrogen and oxygen atoms in total. The summed E-state index contributed by atoms with van der Waals surface area (Å²) in [6.07, 6.45) is -5.24. The second-order valence-corrected chi connectivity index (χ2v) is 8.05. The Kier molecular flexibility index (Phi) is 5.88. The smallest absolute Gasteiger partial charge is 0.417 e. The monoisotopic (exact) mass is 441 g/mol. The lowest BCUT2D eigenvalue weighted by molar-refractivity contribution is -0.266. The van der Waals surface area contributed by atoms with Crippen LogP contribution in [0.5, 0.6) is 11.6 Å². The molecule has 2 N–H and O–H groups in total. The van der Waals surface area contributed by atoms with Gasteiger partial charge in [-0.25, -0.2) is 14.4 Å². The van der Waals surface area contributed by atoms with E-state index in [1.165, 1.54) is 46.5 Å². The van der Waals surface area contributed by atoms with Crippen LogP contribution in [0.25, 0.3) is 11.0 Å². The van der Waals surface area contributed by atoms with Crippen LogP contribution in [0.2, 0.25) is 0 Å². The van der Waals surface area contributed by atoms with Gasteiger partial charge in [-0.05, 0) is 36.1 Å². The molecule has 0 saturated heterocycles. The fourth-order valence-corrected chi connectivity index (χ4v) is 3.84. The molecule has 0 aliphatic carbocycles. The van der Waals surface area contributed by atoms with Crippen molar-refractivity contribution in [2.75, 3.05) is 14.2 Å². The molecule has 1 unspecified atom stereocenters. The molecule has 0 spiro atoms. The summed E-state index contributed by atoms with van der Waals surface area (Å²) in [6.45, 7) is 3.00. The molecule has 31 heavy (non-hydrogen) atoms. The van der Waals surface area contributed by atoms with Gasteiger partial charge in [-0.1, -0.05) is 13.8 Å². The maximum Gasteiger partial charge on any atom is 0.417 e. The number of H-pyrrole nitrogens is 1. The van der Waals surface area contributed by atoms with Gasteiger partial charge >= 0.3 is 6.18 Å². The minimum absolute atomic E-state index is 0.107. The normalized spacial score (nSPS) is 14.5. The average Bonchev–Trinajstić information content (AvgIpc) is 3.08. The number of methoxy groups -OCH3 is 2. The van der Waals surface area contributed by atoms with E-state index in [0.29, 0.717) is 5.39 Å². The van der Waals surface area contributed by atoms with Crippen LogP contribution in [0.3, 0.4) is 0 Å². The van der Waals surface area contributed by atoms with E-state index in [0.717, 1.165) is 12.1 Å².